The molecule has 1 heterocycles. The number of carbonyl (C=O) groups excluding carboxylic acids is 2. The molecule has 0 aliphatic rings. The highest BCUT2D eigenvalue weighted by molar-refractivity contribution is 7.18. The third-order valence-corrected chi connectivity index (χ3v) is 5.41. The average Bonchev–Trinajstić information content (AvgIpc) is 3.10. The molecule has 27 heavy (non-hydrogen) atoms. The van der Waals surface area contributed by atoms with Crippen LogP contribution < -0.4 is 5.32 Å². The van der Waals surface area contributed by atoms with Crippen molar-refractivity contribution in [3.63, 3.8) is 0 Å². The molecule has 0 saturated heterocycles. The van der Waals surface area contributed by atoms with Gasteiger partial charge >= 0.3 is 6.09 Å². The van der Waals surface area contributed by atoms with E-state index in [2.05, 4.69) is 10.3 Å². The number of amides is 2. The molecule has 1 atom stereocenters. The maximum Gasteiger partial charge on any atom is 0.411 e. The summed E-state index contributed by atoms with van der Waals surface area (Å²) in [4.78, 5) is 30.8. The van der Waals surface area contributed by atoms with Gasteiger partial charge in [0, 0.05) is 18.3 Å². The second-order valence-corrected chi connectivity index (χ2v) is 7.10. The molecule has 0 bridgehead atoms. The summed E-state index contributed by atoms with van der Waals surface area (Å²) >= 11 is 1.58. The van der Waals surface area contributed by atoms with Crippen molar-refractivity contribution in [2.24, 2.45) is 0 Å². The Morgan fingerprint density at radius 1 is 1.22 bits per heavy atom. The Kier molecular flexibility index (Phi) is 5.71. The van der Waals surface area contributed by atoms with E-state index in [4.69, 9.17) is 4.74 Å². The molecule has 0 aliphatic heterocycles. The Bertz CT molecular complexity index is 937. The van der Waals surface area contributed by atoms with Crippen LogP contribution in [0.15, 0.2) is 48.5 Å². The maximum absolute atomic E-state index is 12.9. The van der Waals surface area contributed by atoms with E-state index in [1.807, 2.05) is 31.2 Å². The Labute approximate surface area is 161 Å². The van der Waals surface area contributed by atoms with Gasteiger partial charge in [0.05, 0.1) is 22.9 Å². The molecule has 1 unspecified atom stereocenters. The summed E-state index contributed by atoms with van der Waals surface area (Å²) < 4.78 is 5.96. The number of fused-ring (bicyclic) bond motifs is 1. The fraction of sp³-hybridized carbons (Fsp3) is 0.250. The number of anilines is 1. The van der Waals surface area contributed by atoms with Crippen molar-refractivity contribution in [2.75, 3.05) is 19.0 Å². The minimum Gasteiger partial charge on any atom is -0.450 e. The molecule has 2 aromatic carbocycles. The van der Waals surface area contributed by atoms with Crippen LogP contribution in [0.3, 0.4) is 0 Å². The highest BCUT2D eigenvalue weighted by Gasteiger charge is 2.22. The van der Waals surface area contributed by atoms with Crippen molar-refractivity contribution in [3.05, 3.63) is 59.1 Å². The lowest BCUT2D eigenvalue weighted by Gasteiger charge is -2.23. The third-order valence-electron chi connectivity index (χ3n) is 4.20. The molecular weight excluding hydrogens is 362 g/mol. The van der Waals surface area contributed by atoms with Crippen molar-refractivity contribution in [2.45, 2.75) is 19.9 Å². The zero-order valence-corrected chi connectivity index (χ0v) is 16.2. The third kappa shape index (κ3) is 4.25. The highest BCUT2D eigenvalue weighted by Crippen LogP contribution is 2.29. The standard InChI is InChI=1S/C20H21N3O3S/c1-4-26-20(25)21-15-9-7-8-14(12-15)19(24)23(3)13(2)18-22-16-10-5-6-11-17(16)27-18/h5-13H,4H2,1-3H3,(H,21,25). The summed E-state index contributed by atoms with van der Waals surface area (Å²) in [5, 5.41) is 3.50. The van der Waals surface area contributed by atoms with Gasteiger partial charge in [0.15, 0.2) is 0 Å². The second kappa shape index (κ2) is 8.18. The fourth-order valence-electron chi connectivity index (χ4n) is 2.63. The van der Waals surface area contributed by atoms with E-state index in [-0.39, 0.29) is 18.6 Å². The van der Waals surface area contributed by atoms with E-state index in [1.165, 1.54) is 0 Å². The minimum atomic E-state index is -0.543. The number of hydrogen-bond acceptors (Lipinski definition) is 5. The van der Waals surface area contributed by atoms with Gasteiger partial charge in [0.25, 0.3) is 5.91 Å². The maximum atomic E-state index is 12.9. The summed E-state index contributed by atoms with van der Waals surface area (Å²) in [5.74, 6) is -0.144. The fourth-order valence-corrected chi connectivity index (χ4v) is 3.69. The molecule has 0 saturated carbocycles. The first-order valence-corrected chi connectivity index (χ1v) is 9.47. The number of carbonyl (C=O) groups is 2. The lowest BCUT2D eigenvalue weighted by molar-refractivity contribution is 0.0742. The van der Waals surface area contributed by atoms with Crippen molar-refractivity contribution in [3.8, 4) is 0 Å². The molecule has 0 aliphatic carbocycles. The molecule has 140 valence electrons. The van der Waals surface area contributed by atoms with Crippen LogP contribution in [0.4, 0.5) is 10.5 Å². The van der Waals surface area contributed by atoms with Crippen LogP contribution in [-0.2, 0) is 4.74 Å². The average molecular weight is 383 g/mol. The van der Waals surface area contributed by atoms with Gasteiger partial charge in [0.2, 0.25) is 0 Å². The minimum absolute atomic E-state index is 0.144. The molecule has 7 heteroatoms. The van der Waals surface area contributed by atoms with Gasteiger partial charge in [-0.1, -0.05) is 18.2 Å². The first-order valence-electron chi connectivity index (χ1n) is 8.66. The van der Waals surface area contributed by atoms with Crippen LogP contribution in [0.1, 0.15) is 35.3 Å². The molecule has 3 rings (SSSR count). The predicted molar refractivity (Wildman–Crippen MR) is 107 cm³/mol. The van der Waals surface area contributed by atoms with Crippen LogP contribution in [0.2, 0.25) is 0 Å². The molecule has 0 fully saturated rings. The Hall–Kier alpha value is -2.93. The second-order valence-electron chi connectivity index (χ2n) is 6.04. The summed E-state index contributed by atoms with van der Waals surface area (Å²) in [6, 6.07) is 14.6. The van der Waals surface area contributed by atoms with E-state index >= 15 is 0 Å². The monoisotopic (exact) mass is 383 g/mol. The first-order chi connectivity index (χ1) is 13.0. The van der Waals surface area contributed by atoms with Crippen molar-refractivity contribution >= 4 is 39.2 Å². The number of ether oxygens (including phenoxy) is 1. The number of aromatic nitrogens is 1. The largest absolute Gasteiger partial charge is 0.450 e. The van der Waals surface area contributed by atoms with Crippen molar-refractivity contribution < 1.29 is 14.3 Å². The van der Waals surface area contributed by atoms with Gasteiger partial charge in [-0.2, -0.15) is 0 Å². The van der Waals surface area contributed by atoms with E-state index in [0.29, 0.717) is 11.3 Å². The molecule has 0 radical (unpaired) electrons. The van der Waals surface area contributed by atoms with Gasteiger partial charge in [-0.3, -0.25) is 10.1 Å². The number of benzene rings is 2. The van der Waals surface area contributed by atoms with Gasteiger partial charge in [-0.25, -0.2) is 9.78 Å². The number of para-hydroxylation sites is 1. The van der Waals surface area contributed by atoms with E-state index in [1.54, 1.807) is 54.5 Å². The van der Waals surface area contributed by atoms with Crippen LogP contribution in [0.25, 0.3) is 10.2 Å². The summed E-state index contributed by atoms with van der Waals surface area (Å²) in [5.41, 5.74) is 1.94. The molecule has 0 spiro atoms. The van der Waals surface area contributed by atoms with Crippen LogP contribution in [0.5, 0.6) is 0 Å². The topological polar surface area (TPSA) is 71.5 Å². The molecule has 1 aromatic heterocycles. The predicted octanol–water partition coefficient (Wildman–Crippen LogP) is 4.70. The van der Waals surface area contributed by atoms with Gasteiger partial charge in [-0.15, -0.1) is 11.3 Å². The quantitative estimate of drug-likeness (QED) is 0.693. The van der Waals surface area contributed by atoms with Crippen molar-refractivity contribution in [1.82, 2.24) is 9.88 Å². The highest BCUT2D eigenvalue weighted by atomic mass is 32.1. The number of nitrogens with one attached hydrogen (secondary N) is 1. The zero-order valence-electron chi connectivity index (χ0n) is 15.4. The van der Waals surface area contributed by atoms with Crippen LogP contribution >= 0.6 is 11.3 Å². The van der Waals surface area contributed by atoms with Gasteiger partial charge in [0.1, 0.15) is 5.01 Å². The van der Waals surface area contributed by atoms with Crippen molar-refractivity contribution in [1.29, 1.82) is 0 Å². The number of nitrogens with zero attached hydrogens (tertiary/aromatic N) is 2. The first kappa shape index (κ1) is 18.8. The number of hydrogen-bond donors (Lipinski definition) is 1. The summed E-state index contributed by atoms with van der Waals surface area (Å²) in [7, 11) is 1.75. The Morgan fingerprint density at radius 2 is 2.00 bits per heavy atom. The number of thiazole rings is 1. The molecular formula is C20H21N3O3S. The van der Waals surface area contributed by atoms with Crippen LogP contribution in [-0.4, -0.2) is 35.5 Å². The summed E-state index contributed by atoms with van der Waals surface area (Å²) in [6.45, 7) is 3.97. The van der Waals surface area contributed by atoms with E-state index < -0.39 is 6.09 Å². The molecule has 6 nitrogen and oxygen atoms in total. The Morgan fingerprint density at radius 3 is 2.74 bits per heavy atom. The van der Waals surface area contributed by atoms with Crippen LogP contribution in [0, 0.1) is 0 Å². The molecule has 2 amide bonds. The zero-order chi connectivity index (χ0) is 19.4. The number of rotatable bonds is 5. The van der Waals surface area contributed by atoms with E-state index in [0.717, 1.165) is 15.2 Å². The molecule has 3 aromatic rings. The summed E-state index contributed by atoms with van der Waals surface area (Å²) in [6.07, 6.45) is -0.543. The SMILES string of the molecule is CCOC(=O)Nc1cccc(C(=O)N(C)C(C)c2nc3ccccc3s2)c1. The van der Waals surface area contributed by atoms with E-state index in [9.17, 15) is 9.59 Å². The van der Waals surface area contributed by atoms with Gasteiger partial charge < -0.3 is 9.64 Å². The van der Waals surface area contributed by atoms with Gasteiger partial charge in [-0.05, 0) is 44.2 Å². The lowest BCUT2D eigenvalue weighted by Crippen LogP contribution is -2.29. The lowest BCUT2D eigenvalue weighted by atomic mass is 10.1. The molecule has 1 N–H and O–H groups in total. The Balaban J connectivity index is 1.77. The smallest absolute Gasteiger partial charge is 0.411 e. The normalized spacial score (nSPS) is 11.8.